The first-order valence-electron chi connectivity index (χ1n) is 10.8. The molecule has 9 heteroatoms. The van der Waals surface area contributed by atoms with Crippen molar-refractivity contribution in [3.05, 3.63) is 60.6 Å². The van der Waals surface area contributed by atoms with Gasteiger partial charge in [-0.2, -0.15) is 15.0 Å². The molecule has 1 aromatic rings. The van der Waals surface area contributed by atoms with Crippen LogP contribution in [0.2, 0.25) is 0 Å². The second-order valence-corrected chi connectivity index (χ2v) is 7.41. The molecule has 0 radical (unpaired) electrons. The molecule has 2 heterocycles. The third kappa shape index (κ3) is 6.23. The summed E-state index contributed by atoms with van der Waals surface area (Å²) < 4.78 is 34.2. The highest BCUT2D eigenvalue weighted by Crippen LogP contribution is 2.29. The summed E-state index contributed by atoms with van der Waals surface area (Å²) in [5, 5.41) is 0. The van der Waals surface area contributed by atoms with E-state index >= 15 is 0 Å². The zero-order valence-electron chi connectivity index (χ0n) is 18.7. The summed E-state index contributed by atoms with van der Waals surface area (Å²) in [5.74, 6) is -0.113. The van der Waals surface area contributed by atoms with Gasteiger partial charge in [-0.1, -0.05) is 12.7 Å². The summed E-state index contributed by atoms with van der Waals surface area (Å²) in [7, 11) is 1.84. The third-order valence-corrected chi connectivity index (χ3v) is 5.15. The first kappa shape index (κ1) is 23.6. The van der Waals surface area contributed by atoms with Gasteiger partial charge in [0.2, 0.25) is 11.9 Å². The van der Waals surface area contributed by atoms with Crippen LogP contribution in [0.1, 0.15) is 19.2 Å². The van der Waals surface area contributed by atoms with E-state index in [9.17, 15) is 8.78 Å². The van der Waals surface area contributed by atoms with Crippen molar-refractivity contribution in [1.29, 1.82) is 0 Å². The van der Waals surface area contributed by atoms with E-state index in [1.165, 1.54) is 12.2 Å². The Morgan fingerprint density at radius 3 is 2.66 bits per heavy atom. The monoisotopic (exact) mass is 444 g/mol. The number of nitrogens with zero attached hydrogens (tertiary/aromatic N) is 6. The molecule has 2 aliphatic rings. The highest BCUT2D eigenvalue weighted by atomic mass is 19.1. The van der Waals surface area contributed by atoms with Crippen LogP contribution >= 0.6 is 0 Å². The lowest BCUT2D eigenvalue weighted by Crippen LogP contribution is -2.45. The Kier molecular flexibility index (Phi) is 8.49. The number of ether oxygens (including phenoxy) is 1. The number of anilines is 2. The smallest absolute Gasteiger partial charge is 0.230 e. The first-order chi connectivity index (χ1) is 15.5. The molecule has 0 atom stereocenters. The normalized spacial score (nSPS) is 17.1. The first-order valence-corrected chi connectivity index (χ1v) is 10.8. The molecule has 1 fully saturated rings. The second-order valence-electron chi connectivity index (χ2n) is 7.41. The number of likely N-dealkylation sites (N-methyl/N-ethyl adjacent to an activating group) is 1. The van der Waals surface area contributed by atoms with E-state index in [1.807, 2.05) is 36.0 Å². The molecule has 7 nitrogen and oxygen atoms in total. The number of aromatic nitrogens is 3. The van der Waals surface area contributed by atoms with E-state index in [-0.39, 0.29) is 17.8 Å². The molecule has 0 unspecified atom stereocenters. The Morgan fingerprint density at radius 2 is 1.94 bits per heavy atom. The van der Waals surface area contributed by atoms with Gasteiger partial charge in [0.25, 0.3) is 0 Å². The Hall–Kier alpha value is -3.07. The van der Waals surface area contributed by atoms with Gasteiger partial charge in [-0.25, -0.2) is 8.78 Å². The Morgan fingerprint density at radius 1 is 1.16 bits per heavy atom. The minimum Gasteiger partial charge on any atom is -0.380 e. The Labute approximate surface area is 188 Å². The van der Waals surface area contributed by atoms with E-state index in [2.05, 4.69) is 26.4 Å². The molecule has 32 heavy (non-hydrogen) atoms. The summed E-state index contributed by atoms with van der Waals surface area (Å²) >= 11 is 0. The molecule has 0 amide bonds. The SMILES string of the molecule is C=C/C=C/N1CCN(c2nc(C3=CC(F)=CCC=C3F)nc(N(C)CCOCC)n2)CC1. The number of hydrogen-bond acceptors (Lipinski definition) is 7. The van der Waals surface area contributed by atoms with Crippen LogP contribution in [-0.2, 0) is 4.74 Å². The van der Waals surface area contributed by atoms with Gasteiger partial charge in [-0.3, -0.25) is 0 Å². The van der Waals surface area contributed by atoms with Gasteiger partial charge in [0.15, 0.2) is 5.82 Å². The molecular weight excluding hydrogens is 414 g/mol. The molecule has 1 aromatic heterocycles. The van der Waals surface area contributed by atoms with Crippen molar-refractivity contribution in [3.8, 4) is 0 Å². The maximum Gasteiger partial charge on any atom is 0.230 e. The number of allylic oxidation sites excluding steroid dienone is 8. The fraction of sp³-hybridized carbons (Fsp3) is 0.435. The minimum absolute atomic E-state index is 0.0203. The summed E-state index contributed by atoms with van der Waals surface area (Å²) in [6.07, 6.45) is 9.60. The number of piperazine rings is 1. The maximum atomic E-state index is 14.7. The lowest BCUT2D eigenvalue weighted by Gasteiger charge is -2.34. The summed E-state index contributed by atoms with van der Waals surface area (Å²) in [4.78, 5) is 19.7. The van der Waals surface area contributed by atoms with Crippen LogP contribution in [0.25, 0.3) is 5.57 Å². The lowest BCUT2D eigenvalue weighted by molar-refractivity contribution is 0.154. The van der Waals surface area contributed by atoms with Crippen molar-refractivity contribution in [2.24, 2.45) is 0 Å². The van der Waals surface area contributed by atoms with Gasteiger partial charge < -0.3 is 19.4 Å². The average Bonchev–Trinajstić information content (AvgIpc) is 2.98. The van der Waals surface area contributed by atoms with Gasteiger partial charge >= 0.3 is 0 Å². The largest absolute Gasteiger partial charge is 0.380 e. The number of rotatable bonds is 9. The van der Waals surface area contributed by atoms with Crippen LogP contribution < -0.4 is 9.80 Å². The third-order valence-electron chi connectivity index (χ3n) is 5.15. The fourth-order valence-electron chi connectivity index (χ4n) is 3.31. The fourth-order valence-corrected chi connectivity index (χ4v) is 3.31. The minimum atomic E-state index is -0.548. The molecule has 0 spiro atoms. The summed E-state index contributed by atoms with van der Waals surface area (Å²) in [5.41, 5.74) is 0.0203. The van der Waals surface area contributed by atoms with Crippen LogP contribution in [0, 0.1) is 0 Å². The number of hydrogen-bond donors (Lipinski definition) is 0. The van der Waals surface area contributed by atoms with Crippen molar-refractivity contribution in [1.82, 2.24) is 19.9 Å². The number of halogens is 2. The van der Waals surface area contributed by atoms with Gasteiger partial charge in [0.1, 0.15) is 11.7 Å². The lowest BCUT2D eigenvalue weighted by atomic mass is 10.2. The summed E-state index contributed by atoms with van der Waals surface area (Å²) in [6.45, 7) is 10.3. The molecule has 172 valence electrons. The van der Waals surface area contributed by atoms with Crippen LogP contribution in [-0.4, -0.2) is 72.8 Å². The molecule has 0 saturated carbocycles. The van der Waals surface area contributed by atoms with Crippen molar-refractivity contribution in [2.45, 2.75) is 13.3 Å². The molecule has 0 aromatic carbocycles. The highest BCUT2D eigenvalue weighted by Gasteiger charge is 2.23. The van der Waals surface area contributed by atoms with Crippen LogP contribution in [0.4, 0.5) is 20.7 Å². The van der Waals surface area contributed by atoms with Crippen molar-refractivity contribution in [2.75, 3.05) is 62.8 Å². The predicted molar refractivity (Wildman–Crippen MR) is 124 cm³/mol. The van der Waals surface area contributed by atoms with Gasteiger partial charge in [-0.05, 0) is 43.8 Å². The van der Waals surface area contributed by atoms with Gasteiger partial charge in [0, 0.05) is 46.4 Å². The second kappa shape index (κ2) is 11.5. The molecule has 0 N–H and O–H groups in total. The maximum absolute atomic E-state index is 14.7. The zero-order valence-corrected chi connectivity index (χ0v) is 18.7. The van der Waals surface area contributed by atoms with E-state index in [4.69, 9.17) is 4.74 Å². The quantitative estimate of drug-likeness (QED) is 0.426. The van der Waals surface area contributed by atoms with Gasteiger partial charge in [0.05, 0.1) is 12.2 Å². The Balaban J connectivity index is 1.92. The van der Waals surface area contributed by atoms with Crippen molar-refractivity contribution >= 4 is 17.5 Å². The summed E-state index contributed by atoms with van der Waals surface area (Å²) in [6, 6.07) is 0. The molecule has 3 rings (SSSR count). The van der Waals surface area contributed by atoms with Crippen molar-refractivity contribution < 1.29 is 13.5 Å². The van der Waals surface area contributed by atoms with E-state index < -0.39 is 11.7 Å². The van der Waals surface area contributed by atoms with Crippen LogP contribution in [0.15, 0.2) is 54.8 Å². The predicted octanol–water partition coefficient (Wildman–Crippen LogP) is 3.66. The van der Waals surface area contributed by atoms with E-state index in [0.29, 0.717) is 44.7 Å². The standard InChI is InChI=1S/C23H30F2N6O/c1-4-6-10-30-11-13-31(14-12-30)23-27-21(19-17-18(24)8-7-9-20(19)25)26-22(28-23)29(3)15-16-32-5-2/h4,6,8-10,17H,1,5,7,11-16H2,2-3H3/b10-6+. The average molecular weight is 445 g/mol. The van der Waals surface area contributed by atoms with Crippen molar-refractivity contribution in [3.63, 3.8) is 0 Å². The highest BCUT2D eigenvalue weighted by molar-refractivity contribution is 5.76. The zero-order chi connectivity index (χ0) is 22.9. The molecule has 0 bridgehead atoms. The topological polar surface area (TPSA) is 57.6 Å². The molecular formula is C23H30F2N6O. The van der Waals surface area contributed by atoms with E-state index in [0.717, 1.165) is 19.2 Å². The molecule has 1 aliphatic heterocycles. The van der Waals surface area contributed by atoms with Crippen LogP contribution in [0.3, 0.4) is 0 Å². The van der Waals surface area contributed by atoms with Crippen LogP contribution in [0.5, 0.6) is 0 Å². The Bertz CT molecular complexity index is 919. The van der Waals surface area contributed by atoms with Gasteiger partial charge in [-0.15, -0.1) is 0 Å². The molecule has 1 aliphatic carbocycles. The molecule has 1 saturated heterocycles. The van der Waals surface area contributed by atoms with E-state index in [1.54, 1.807) is 6.08 Å².